The van der Waals surface area contributed by atoms with E-state index in [4.69, 9.17) is 4.74 Å². The lowest BCUT2D eigenvalue weighted by atomic mass is 10.1. The average molecular weight is 435 g/mol. The minimum atomic E-state index is -1.18. The van der Waals surface area contributed by atoms with Crippen molar-refractivity contribution in [3.05, 3.63) is 24.3 Å². The van der Waals surface area contributed by atoms with Gasteiger partial charge >= 0.3 is 11.9 Å². The van der Waals surface area contributed by atoms with Gasteiger partial charge in [0.1, 0.15) is 31.0 Å². The quantitative estimate of drug-likeness (QED) is 0.356. The van der Waals surface area contributed by atoms with Crippen molar-refractivity contribution in [1.82, 2.24) is 10.6 Å². The zero-order valence-corrected chi connectivity index (χ0v) is 17.5. The molecule has 10 heteroatoms. The molecule has 31 heavy (non-hydrogen) atoms. The molecule has 0 aliphatic carbocycles. The molecule has 2 atom stereocenters. The van der Waals surface area contributed by atoms with Gasteiger partial charge in [-0.15, -0.1) is 0 Å². The minimum Gasteiger partial charge on any atom is -0.489 e. The normalized spacial score (nSPS) is 16.6. The fourth-order valence-electron chi connectivity index (χ4n) is 3.38. The first-order valence-corrected chi connectivity index (χ1v) is 10.3. The molecule has 0 saturated heterocycles. The van der Waals surface area contributed by atoms with E-state index in [0.29, 0.717) is 30.8 Å². The number of rotatable bonds is 12. The van der Waals surface area contributed by atoms with Gasteiger partial charge in [-0.25, -0.2) is 0 Å². The van der Waals surface area contributed by atoms with E-state index in [0.717, 1.165) is 24.2 Å². The topological polar surface area (TPSA) is 145 Å². The summed E-state index contributed by atoms with van der Waals surface area (Å²) in [6, 6.07) is 4.64. The van der Waals surface area contributed by atoms with Gasteiger partial charge < -0.3 is 20.3 Å². The first kappa shape index (κ1) is 24.1. The van der Waals surface area contributed by atoms with E-state index in [9.17, 15) is 29.4 Å². The molecule has 1 aromatic carbocycles. The lowest BCUT2D eigenvalue weighted by molar-refractivity contribution is -0.141. The van der Waals surface area contributed by atoms with Gasteiger partial charge in [-0.3, -0.25) is 29.4 Å². The summed E-state index contributed by atoms with van der Waals surface area (Å²) in [5.41, 5.74) is 0.338. The summed E-state index contributed by atoms with van der Waals surface area (Å²) in [5.74, 6) is -2.53. The number of nitrogens with one attached hydrogen (secondary N) is 2. The highest BCUT2D eigenvalue weighted by molar-refractivity contribution is 6.02. The summed E-state index contributed by atoms with van der Waals surface area (Å²) in [5, 5.41) is 24.3. The molecule has 1 aliphatic heterocycles. The Hall–Kier alpha value is -3.14. The molecule has 0 saturated carbocycles. The number of nitrogens with zero attached hydrogens (tertiary/aromatic N) is 1. The van der Waals surface area contributed by atoms with Crippen molar-refractivity contribution < 1.29 is 34.1 Å². The van der Waals surface area contributed by atoms with Gasteiger partial charge in [0.05, 0.1) is 5.69 Å². The molecule has 2 rings (SSSR count). The van der Waals surface area contributed by atoms with Gasteiger partial charge in [0, 0.05) is 13.5 Å². The fraction of sp³-hybridized carbons (Fsp3) is 0.524. The monoisotopic (exact) mass is 435 g/mol. The Bertz CT molecular complexity index is 799. The molecule has 0 radical (unpaired) electrons. The second-order valence-corrected chi connectivity index (χ2v) is 7.39. The summed E-state index contributed by atoms with van der Waals surface area (Å²) in [7, 11) is 0. The van der Waals surface area contributed by atoms with Crippen LogP contribution in [-0.2, 0) is 19.2 Å². The third-order valence-electron chi connectivity index (χ3n) is 4.91. The van der Waals surface area contributed by atoms with Gasteiger partial charge in [-0.05, 0) is 25.0 Å². The molecule has 170 valence electrons. The summed E-state index contributed by atoms with van der Waals surface area (Å²) in [4.78, 5) is 47.9. The molecule has 0 fully saturated rings. The molecule has 1 aromatic rings. The number of carbonyl (C=O) groups is 4. The van der Waals surface area contributed by atoms with E-state index in [1.165, 1.54) is 6.92 Å². The van der Waals surface area contributed by atoms with Crippen molar-refractivity contribution in [2.45, 2.75) is 51.1 Å². The third kappa shape index (κ3) is 7.56. The Morgan fingerprint density at radius 1 is 1.16 bits per heavy atom. The molecule has 1 aliphatic rings. The third-order valence-corrected chi connectivity index (χ3v) is 4.91. The molecular weight excluding hydrogens is 406 g/mol. The van der Waals surface area contributed by atoms with Crippen molar-refractivity contribution >= 4 is 29.4 Å². The van der Waals surface area contributed by atoms with Crippen LogP contribution in [0.3, 0.4) is 0 Å². The second kappa shape index (κ2) is 11.9. The summed E-state index contributed by atoms with van der Waals surface area (Å²) < 4.78 is 5.67. The predicted molar refractivity (Wildman–Crippen MR) is 112 cm³/mol. The van der Waals surface area contributed by atoms with E-state index >= 15 is 0 Å². The van der Waals surface area contributed by atoms with Crippen molar-refractivity contribution in [2.24, 2.45) is 0 Å². The number of fused-ring (bicyclic) bond motifs is 1. The van der Waals surface area contributed by atoms with Gasteiger partial charge in [0.15, 0.2) is 0 Å². The van der Waals surface area contributed by atoms with Crippen LogP contribution >= 0.6 is 0 Å². The van der Waals surface area contributed by atoms with Crippen molar-refractivity contribution in [3.63, 3.8) is 0 Å². The van der Waals surface area contributed by atoms with E-state index in [1.54, 1.807) is 24.3 Å². The van der Waals surface area contributed by atoms with Crippen molar-refractivity contribution in [1.29, 1.82) is 0 Å². The molecule has 0 aromatic heterocycles. The van der Waals surface area contributed by atoms with Crippen LogP contribution in [-0.4, -0.2) is 65.7 Å². The minimum absolute atomic E-state index is 0.0791. The number of aliphatic carboxylic acids is 2. The Morgan fingerprint density at radius 3 is 2.55 bits per heavy atom. The number of unbranched alkanes of at least 4 members (excludes halogenated alkanes) is 3. The number of hydrogen-bond acceptors (Lipinski definition) is 6. The first-order chi connectivity index (χ1) is 14.8. The van der Waals surface area contributed by atoms with Crippen LogP contribution in [0.15, 0.2) is 24.3 Å². The summed E-state index contributed by atoms with van der Waals surface area (Å²) >= 11 is 0. The van der Waals surface area contributed by atoms with E-state index in [2.05, 4.69) is 10.6 Å². The zero-order chi connectivity index (χ0) is 22.8. The zero-order valence-electron chi connectivity index (χ0n) is 17.5. The maximum Gasteiger partial charge on any atom is 0.323 e. The average Bonchev–Trinajstić information content (AvgIpc) is 2.83. The van der Waals surface area contributed by atoms with Crippen LogP contribution in [0.4, 0.5) is 5.69 Å². The van der Waals surface area contributed by atoms with Gasteiger partial charge in [-0.1, -0.05) is 31.4 Å². The number of carboxylic acid groups (broad SMARTS) is 2. The van der Waals surface area contributed by atoms with Gasteiger partial charge in [0.25, 0.3) is 0 Å². The highest BCUT2D eigenvalue weighted by atomic mass is 16.5. The molecule has 1 unspecified atom stereocenters. The Balaban J connectivity index is 1.96. The van der Waals surface area contributed by atoms with Crippen LogP contribution < -0.4 is 20.3 Å². The standard InChI is InChI=1S/C21H29N3O7/c1-14(25)22-11-7-3-2-4-8-15(21(29)30)23-16-13-31-18-10-6-5-9-17(18)24(20(16)28)12-19(26)27/h5-6,9-10,15-16,23H,2-4,7-8,11-13H2,1H3,(H,22,25)(H,26,27)(H,29,30)/t15-,16?/m0/s1. The predicted octanol–water partition coefficient (Wildman–Crippen LogP) is 0.995. The number of para-hydroxylation sites is 2. The molecule has 0 spiro atoms. The van der Waals surface area contributed by atoms with Crippen LogP contribution in [0, 0.1) is 0 Å². The maximum absolute atomic E-state index is 13.0. The van der Waals surface area contributed by atoms with Gasteiger partial charge in [0.2, 0.25) is 11.8 Å². The Labute approximate surface area is 180 Å². The highest BCUT2D eigenvalue weighted by Gasteiger charge is 2.35. The molecule has 0 bridgehead atoms. The van der Waals surface area contributed by atoms with Gasteiger partial charge in [-0.2, -0.15) is 0 Å². The largest absolute Gasteiger partial charge is 0.489 e. The molecule has 1 heterocycles. The number of benzene rings is 1. The fourth-order valence-corrected chi connectivity index (χ4v) is 3.38. The van der Waals surface area contributed by atoms with Crippen LogP contribution in [0.2, 0.25) is 0 Å². The number of carboxylic acids is 2. The number of amides is 2. The van der Waals surface area contributed by atoms with Crippen LogP contribution in [0.5, 0.6) is 5.75 Å². The first-order valence-electron chi connectivity index (χ1n) is 10.3. The number of ether oxygens (including phenoxy) is 1. The smallest absolute Gasteiger partial charge is 0.323 e. The highest BCUT2D eigenvalue weighted by Crippen LogP contribution is 2.31. The van der Waals surface area contributed by atoms with E-state index in [-0.39, 0.29) is 12.5 Å². The second-order valence-electron chi connectivity index (χ2n) is 7.39. The van der Waals surface area contributed by atoms with Crippen molar-refractivity contribution in [3.8, 4) is 5.75 Å². The number of hydrogen-bond donors (Lipinski definition) is 4. The Kier molecular flexibility index (Phi) is 9.26. The maximum atomic E-state index is 13.0. The number of carbonyl (C=O) groups excluding carboxylic acids is 2. The van der Waals surface area contributed by atoms with Crippen LogP contribution in [0.1, 0.15) is 39.0 Å². The molecule has 2 amide bonds. The van der Waals surface area contributed by atoms with Crippen molar-refractivity contribution in [2.75, 3.05) is 24.6 Å². The molecule has 4 N–H and O–H groups in total. The lowest BCUT2D eigenvalue weighted by Gasteiger charge is -2.25. The summed E-state index contributed by atoms with van der Waals surface area (Å²) in [6.45, 7) is 1.39. The SMILES string of the molecule is CC(=O)NCCCCCC[C@H](NC1COc2ccccc2N(CC(=O)O)C1=O)C(=O)O. The molecule has 10 nitrogen and oxygen atoms in total. The Morgan fingerprint density at radius 2 is 1.87 bits per heavy atom. The van der Waals surface area contributed by atoms with E-state index < -0.39 is 36.5 Å². The van der Waals surface area contributed by atoms with E-state index in [1.807, 2.05) is 0 Å². The number of anilines is 1. The summed E-state index contributed by atoms with van der Waals surface area (Å²) in [6.07, 6.45) is 3.38. The van der Waals surface area contributed by atoms with Crippen LogP contribution in [0.25, 0.3) is 0 Å². The molecular formula is C21H29N3O7. The lowest BCUT2D eigenvalue weighted by Crippen LogP contribution is -2.54.